The number of anilines is 1. The summed E-state index contributed by atoms with van der Waals surface area (Å²) in [6.45, 7) is 5.12. The van der Waals surface area contributed by atoms with E-state index >= 15 is 0 Å². The van der Waals surface area contributed by atoms with Crippen LogP contribution in [0.1, 0.15) is 12.5 Å². The molecule has 0 spiro atoms. The number of hydrogen-bond acceptors (Lipinski definition) is 3. The lowest BCUT2D eigenvalue weighted by atomic mass is 10.1. The van der Waals surface area contributed by atoms with Gasteiger partial charge in [-0.25, -0.2) is 4.39 Å². The van der Waals surface area contributed by atoms with Crippen molar-refractivity contribution >= 4 is 11.5 Å². The summed E-state index contributed by atoms with van der Waals surface area (Å²) >= 11 is 0. The van der Waals surface area contributed by atoms with Crippen LogP contribution in [0.3, 0.4) is 0 Å². The molecule has 3 nitrogen and oxygen atoms in total. The summed E-state index contributed by atoms with van der Waals surface area (Å²) in [5.41, 5.74) is 1.40. The Morgan fingerprint density at radius 3 is 2.50 bits per heavy atom. The minimum atomic E-state index is -0.224. The van der Waals surface area contributed by atoms with E-state index in [1.807, 2.05) is 6.07 Å². The number of likely N-dealkylation sites (N-methyl/N-ethyl adjacent to an activating group) is 1. The van der Waals surface area contributed by atoms with Crippen LogP contribution >= 0.6 is 0 Å². The van der Waals surface area contributed by atoms with Gasteiger partial charge >= 0.3 is 0 Å². The van der Waals surface area contributed by atoms with Crippen molar-refractivity contribution in [3.63, 3.8) is 0 Å². The van der Waals surface area contributed by atoms with Gasteiger partial charge in [0, 0.05) is 32.6 Å². The molecule has 1 heterocycles. The topological polar surface area (TPSA) is 23.6 Å². The van der Waals surface area contributed by atoms with Crippen molar-refractivity contribution in [1.29, 1.82) is 0 Å². The molecule has 0 saturated carbocycles. The van der Waals surface area contributed by atoms with Crippen LogP contribution in [0.4, 0.5) is 10.1 Å². The summed E-state index contributed by atoms with van der Waals surface area (Å²) < 4.78 is 14.0. The van der Waals surface area contributed by atoms with Crippen LogP contribution in [-0.2, 0) is 11.2 Å². The van der Waals surface area contributed by atoms with E-state index in [0.29, 0.717) is 12.1 Å². The standard InChI is InChI=1S/C14H19FN2O/c1-11(18)9-12-3-4-14(13(15)10-12)17-7-5-16(2)6-8-17/h3-4,10H,5-9H2,1-2H3. The molecule has 0 radical (unpaired) electrons. The molecule has 1 aromatic carbocycles. The van der Waals surface area contributed by atoms with E-state index in [1.165, 1.54) is 13.0 Å². The molecular formula is C14H19FN2O. The Bertz CT molecular complexity index is 439. The van der Waals surface area contributed by atoms with Crippen LogP contribution in [0, 0.1) is 5.82 Å². The number of rotatable bonds is 3. The predicted molar refractivity (Wildman–Crippen MR) is 70.5 cm³/mol. The average Bonchev–Trinajstić information content (AvgIpc) is 2.30. The Balaban J connectivity index is 2.12. The molecular weight excluding hydrogens is 231 g/mol. The monoisotopic (exact) mass is 250 g/mol. The van der Waals surface area contributed by atoms with Gasteiger partial charge in [0.25, 0.3) is 0 Å². The van der Waals surface area contributed by atoms with Crippen molar-refractivity contribution in [2.45, 2.75) is 13.3 Å². The molecule has 0 N–H and O–H groups in total. The summed E-state index contributed by atoms with van der Waals surface area (Å²) in [5.74, 6) is -0.167. The summed E-state index contributed by atoms with van der Waals surface area (Å²) in [5, 5.41) is 0. The Morgan fingerprint density at radius 2 is 1.94 bits per heavy atom. The van der Waals surface area contributed by atoms with Gasteiger partial charge in [0.1, 0.15) is 11.6 Å². The first-order valence-electron chi connectivity index (χ1n) is 6.27. The third-order valence-electron chi connectivity index (χ3n) is 3.31. The Morgan fingerprint density at radius 1 is 1.28 bits per heavy atom. The summed E-state index contributed by atoms with van der Waals surface area (Å²) in [6, 6.07) is 5.12. The Hall–Kier alpha value is -1.42. The molecule has 1 fully saturated rings. The number of benzene rings is 1. The maximum Gasteiger partial charge on any atom is 0.146 e. The van der Waals surface area contributed by atoms with Gasteiger partial charge < -0.3 is 9.80 Å². The fraction of sp³-hybridized carbons (Fsp3) is 0.500. The number of nitrogens with zero attached hydrogens (tertiary/aromatic N) is 2. The summed E-state index contributed by atoms with van der Waals surface area (Å²) in [4.78, 5) is 15.3. The highest BCUT2D eigenvalue weighted by Gasteiger charge is 2.17. The van der Waals surface area contributed by atoms with E-state index in [0.717, 1.165) is 31.7 Å². The van der Waals surface area contributed by atoms with E-state index < -0.39 is 0 Å². The first-order chi connectivity index (χ1) is 8.56. The van der Waals surface area contributed by atoms with Gasteiger partial charge in [-0.2, -0.15) is 0 Å². The Labute approximate surface area is 107 Å². The van der Waals surface area contributed by atoms with Crippen molar-refractivity contribution in [2.75, 3.05) is 38.1 Å². The van der Waals surface area contributed by atoms with Crippen molar-refractivity contribution in [1.82, 2.24) is 4.90 Å². The predicted octanol–water partition coefficient (Wildman–Crippen LogP) is 1.71. The van der Waals surface area contributed by atoms with Gasteiger partial charge in [0.05, 0.1) is 5.69 Å². The lowest BCUT2D eigenvalue weighted by Gasteiger charge is -2.34. The molecule has 98 valence electrons. The highest BCUT2D eigenvalue weighted by Crippen LogP contribution is 2.22. The summed E-state index contributed by atoms with van der Waals surface area (Å²) in [6.07, 6.45) is 0.305. The largest absolute Gasteiger partial charge is 0.367 e. The second kappa shape index (κ2) is 5.48. The number of halogens is 1. The molecule has 18 heavy (non-hydrogen) atoms. The molecule has 1 aromatic rings. The zero-order valence-electron chi connectivity index (χ0n) is 10.9. The molecule has 2 rings (SSSR count). The van der Waals surface area contributed by atoms with Crippen LogP contribution in [0.2, 0.25) is 0 Å². The van der Waals surface area contributed by atoms with Gasteiger partial charge in [-0.05, 0) is 31.7 Å². The lowest BCUT2D eigenvalue weighted by molar-refractivity contribution is -0.116. The molecule has 1 aliphatic heterocycles. The highest BCUT2D eigenvalue weighted by molar-refractivity contribution is 5.78. The fourth-order valence-corrected chi connectivity index (χ4v) is 2.25. The van der Waals surface area contributed by atoms with Crippen molar-refractivity contribution < 1.29 is 9.18 Å². The Kier molecular flexibility index (Phi) is 3.97. The maximum atomic E-state index is 14.0. The van der Waals surface area contributed by atoms with Gasteiger partial charge in [0.2, 0.25) is 0 Å². The van der Waals surface area contributed by atoms with Crippen molar-refractivity contribution in [2.24, 2.45) is 0 Å². The molecule has 0 unspecified atom stereocenters. The lowest BCUT2D eigenvalue weighted by Crippen LogP contribution is -2.44. The fourth-order valence-electron chi connectivity index (χ4n) is 2.25. The second-order valence-corrected chi connectivity index (χ2v) is 4.95. The number of carbonyl (C=O) groups is 1. The van der Waals surface area contributed by atoms with E-state index in [9.17, 15) is 9.18 Å². The number of carbonyl (C=O) groups excluding carboxylic acids is 1. The molecule has 0 bridgehead atoms. The molecule has 1 saturated heterocycles. The van der Waals surface area contributed by atoms with E-state index in [4.69, 9.17) is 0 Å². The first kappa shape index (κ1) is 13.0. The van der Waals surface area contributed by atoms with Gasteiger partial charge in [-0.15, -0.1) is 0 Å². The molecule has 0 aliphatic carbocycles. The van der Waals surface area contributed by atoms with Gasteiger partial charge in [-0.1, -0.05) is 6.07 Å². The first-order valence-corrected chi connectivity index (χ1v) is 6.27. The van der Waals surface area contributed by atoms with Gasteiger partial charge in [0.15, 0.2) is 0 Å². The van der Waals surface area contributed by atoms with Crippen molar-refractivity contribution in [3.05, 3.63) is 29.6 Å². The zero-order valence-corrected chi connectivity index (χ0v) is 10.9. The van der Waals surface area contributed by atoms with Crippen LogP contribution < -0.4 is 4.90 Å². The normalized spacial score (nSPS) is 16.9. The highest BCUT2D eigenvalue weighted by atomic mass is 19.1. The molecule has 1 aliphatic rings. The van der Waals surface area contributed by atoms with Crippen LogP contribution in [-0.4, -0.2) is 43.9 Å². The van der Waals surface area contributed by atoms with Crippen molar-refractivity contribution in [3.8, 4) is 0 Å². The number of piperazine rings is 1. The zero-order chi connectivity index (χ0) is 13.1. The average molecular weight is 250 g/mol. The molecule has 0 amide bonds. The maximum absolute atomic E-state index is 14.0. The van der Waals surface area contributed by atoms with Gasteiger partial charge in [-0.3, -0.25) is 4.79 Å². The minimum Gasteiger partial charge on any atom is -0.367 e. The summed E-state index contributed by atoms with van der Waals surface area (Å²) in [7, 11) is 2.07. The van der Waals surface area contributed by atoms with Crippen LogP contribution in [0.15, 0.2) is 18.2 Å². The number of Topliss-reactive ketones (excluding diaryl/α,β-unsaturated/α-hetero) is 1. The third-order valence-corrected chi connectivity index (χ3v) is 3.31. The minimum absolute atomic E-state index is 0.0572. The third kappa shape index (κ3) is 3.07. The molecule has 0 atom stereocenters. The smallest absolute Gasteiger partial charge is 0.146 e. The van der Waals surface area contributed by atoms with Crippen LogP contribution in [0.5, 0.6) is 0 Å². The number of ketones is 1. The quantitative estimate of drug-likeness (QED) is 0.816. The number of hydrogen-bond donors (Lipinski definition) is 0. The molecule has 4 heteroatoms. The van der Waals surface area contributed by atoms with Crippen LogP contribution in [0.25, 0.3) is 0 Å². The van der Waals surface area contributed by atoms with E-state index in [2.05, 4.69) is 16.8 Å². The SMILES string of the molecule is CC(=O)Cc1ccc(N2CCN(C)CC2)c(F)c1. The van der Waals surface area contributed by atoms with E-state index in [-0.39, 0.29) is 11.6 Å². The molecule has 0 aromatic heterocycles. The van der Waals surface area contributed by atoms with E-state index in [1.54, 1.807) is 6.07 Å². The second-order valence-electron chi connectivity index (χ2n) is 4.95.